The zero-order chi connectivity index (χ0) is 6.31. The van der Waals surface area contributed by atoms with Gasteiger partial charge in [0.1, 0.15) is 0 Å². The summed E-state index contributed by atoms with van der Waals surface area (Å²) < 4.78 is 0. The molecule has 0 aliphatic heterocycles. The minimum atomic E-state index is 0.917. The highest BCUT2D eigenvalue weighted by molar-refractivity contribution is 4.92. The van der Waals surface area contributed by atoms with Crippen molar-refractivity contribution in [1.29, 1.82) is 0 Å². The molecule has 2 atom stereocenters. The van der Waals surface area contributed by atoms with E-state index in [2.05, 4.69) is 27.7 Å². The second-order valence-corrected chi connectivity index (χ2v) is 3.54. The van der Waals surface area contributed by atoms with Crippen LogP contribution in [0.1, 0.15) is 27.7 Å². The van der Waals surface area contributed by atoms with E-state index in [1.165, 1.54) is 0 Å². The Morgan fingerprint density at radius 2 is 1.38 bits per heavy atom. The van der Waals surface area contributed by atoms with Crippen molar-refractivity contribution in [2.75, 3.05) is 0 Å². The lowest BCUT2D eigenvalue weighted by Gasteiger charge is -1.98. The maximum atomic E-state index is 2.36. The molecule has 0 aromatic rings. The van der Waals surface area contributed by atoms with Gasteiger partial charge in [-0.05, 0) is 23.7 Å². The topological polar surface area (TPSA) is 0 Å². The van der Waals surface area contributed by atoms with Gasteiger partial charge in [0, 0.05) is 0 Å². The summed E-state index contributed by atoms with van der Waals surface area (Å²) in [7, 11) is 0. The van der Waals surface area contributed by atoms with Crippen molar-refractivity contribution in [3.05, 3.63) is 0 Å². The van der Waals surface area contributed by atoms with Crippen LogP contribution in [0.15, 0.2) is 0 Å². The molecule has 0 heteroatoms. The highest BCUT2D eigenvalue weighted by atomic mass is 14.5. The van der Waals surface area contributed by atoms with Gasteiger partial charge in [-0.3, -0.25) is 0 Å². The van der Waals surface area contributed by atoms with Gasteiger partial charge in [-0.1, -0.05) is 27.7 Å². The Morgan fingerprint density at radius 1 is 1.00 bits per heavy atom. The molecule has 8 heavy (non-hydrogen) atoms. The van der Waals surface area contributed by atoms with Crippen LogP contribution in [0.3, 0.4) is 0 Å². The molecular formula is C8H16. The van der Waals surface area contributed by atoms with E-state index in [9.17, 15) is 0 Å². The third-order valence-electron chi connectivity index (χ3n) is 2.67. The molecular weight excluding hydrogens is 96.1 g/mol. The van der Waals surface area contributed by atoms with E-state index in [1.807, 2.05) is 0 Å². The van der Waals surface area contributed by atoms with Crippen LogP contribution in [0.2, 0.25) is 0 Å². The van der Waals surface area contributed by atoms with Crippen LogP contribution in [0, 0.1) is 23.7 Å². The quantitative estimate of drug-likeness (QED) is 0.489. The van der Waals surface area contributed by atoms with Crippen molar-refractivity contribution >= 4 is 0 Å². The second-order valence-electron chi connectivity index (χ2n) is 3.54. The lowest BCUT2D eigenvalue weighted by atomic mass is 10.1. The smallest absolute Gasteiger partial charge is 0.0334 e. The molecule has 0 saturated heterocycles. The Bertz CT molecular complexity index is 69.3. The molecule has 0 amide bonds. The molecule has 0 N–H and O–H groups in total. The van der Waals surface area contributed by atoms with Gasteiger partial charge in [-0.25, -0.2) is 0 Å². The van der Waals surface area contributed by atoms with Crippen molar-refractivity contribution in [2.45, 2.75) is 27.7 Å². The van der Waals surface area contributed by atoms with E-state index in [4.69, 9.17) is 0 Å². The molecule has 1 aliphatic carbocycles. The molecule has 1 rings (SSSR count). The van der Waals surface area contributed by atoms with Crippen molar-refractivity contribution in [3.8, 4) is 0 Å². The fraction of sp³-hybridized carbons (Fsp3) is 1.00. The fourth-order valence-electron chi connectivity index (χ4n) is 1.92. The third-order valence-corrected chi connectivity index (χ3v) is 2.67. The predicted molar refractivity (Wildman–Crippen MR) is 36.7 cm³/mol. The first-order chi connectivity index (χ1) is 3.64. The molecule has 0 aromatic heterocycles. The Labute approximate surface area is 52.3 Å². The molecule has 0 aromatic carbocycles. The minimum Gasteiger partial charge on any atom is -0.0625 e. The summed E-state index contributed by atoms with van der Waals surface area (Å²) >= 11 is 0. The standard InChI is InChI=1S/C8H16/c1-5(2)8-6(3)7(8)4/h5-8H,1-4H3. The molecule has 0 nitrogen and oxygen atoms in total. The zero-order valence-corrected chi connectivity index (χ0v) is 6.31. The number of hydrogen-bond acceptors (Lipinski definition) is 0. The molecule has 1 fully saturated rings. The van der Waals surface area contributed by atoms with Crippen LogP contribution in [-0.4, -0.2) is 0 Å². The molecule has 0 bridgehead atoms. The van der Waals surface area contributed by atoms with E-state index in [0.29, 0.717) is 0 Å². The molecule has 48 valence electrons. The van der Waals surface area contributed by atoms with Crippen molar-refractivity contribution < 1.29 is 0 Å². The van der Waals surface area contributed by atoms with Crippen LogP contribution in [-0.2, 0) is 0 Å². The molecule has 1 saturated carbocycles. The zero-order valence-electron chi connectivity index (χ0n) is 6.31. The monoisotopic (exact) mass is 112 g/mol. The number of rotatable bonds is 1. The Hall–Kier alpha value is 0. The third kappa shape index (κ3) is 0.765. The maximum absolute atomic E-state index is 2.36. The van der Waals surface area contributed by atoms with Gasteiger partial charge in [0.15, 0.2) is 0 Å². The number of hydrogen-bond donors (Lipinski definition) is 0. The van der Waals surface area contributed by atoms with E-state index < -0.39 is 0 Å². The maximum Gasteiger partial charge on any atom is -0.0334 e. The van der Waals surface area contributed by atoms with E-state index in [1.54, 1.807) is 0 Å². The highest BCUT2D eigenvalue weighted by Gasteiger charge is 2.44. The first kappa shape index (κ1) is 6.12. The highest BCUT2D eigenvalue weighted by Crippen LogP contribution is 2.49. The van der Waals surface area contributed by atoms with Gasteiger partial charge in [0.05, 0.1) is 0 Å². The second kappa shape index (κ2) is 1.75. The van der Waals surface area contributed by atoms with Crippen LogP contribution < -0.4 is 0 Å². The summed E-state index contributed by atoms with van der Waals surface area (Å²) in [5, 5.41) is 0. The Balaban J connectivity index is 2.33. The minimum absolute atomic E-state index is 0.917. The van der Waals surface area contributed by atoms with Gasteiger partial charge in [0.2, 0.25) is 0 Å². The first-order valence-corrected chi connectivity index (χ1v) is 3.64. The summed E-state index contributed by atoms with van der Waals surface area (Å²) in [6, 6.07) is 0. The van der Waals surface area contributed by atoms with Crippen LogP contribution >= 0.6 is 0 Å². The summed E-state index contributed by atoms with van der Waals surface area (Å²) in [6.07, 6.45) is 0. The van der Waals surface area contributed by atoms with Crippen molar-refractivity contribution in [1.82, 2.24) is 0 Å². The average Bonchev–Trinajstić information content (AvgIpc) is 2.15. The van der Waals surface area contributed by atoms with Crippen LogP contribution in [0.4, 0.5) is 0 Å². The Kier molecular flexibility index (Phi) is 1.34. The van der Waals surface area contributed by atoms with Crippen molar-refractivity contribution in [3.63, 3.8) is 0 Å². The first-order valence-electron chi connectivity index (χ1n) is 3.64. The van der Waals surface area contributed by atoms with Crippen molar-refractivity contribution in [2.24, 2.45) is 23.7 Å². The van der Waals surface area contributed by atoms with Gasteiger partial charge >= 0.3 is 0 Å². The van der Waals surface area contributed by atoms with Gasteiger partial charge < -0.3 is 0 Å². The van der Waals surface area contributed by atoms with Gasteiger partial charge in [0.25, 0.3) is 0 Å². The predicted octanol–water partition coefficient (Wildman–Crippen LogP) is 2.54. The molecule has 0 radical (unpaired) electrons. The largest absolute Gasteiger partial charge is 0.0625 e. The summed E-state index contributed by atoms with van der Waals surface area (Å²) in [5.41, 5.74) is 0. The van der Waals surface area contributed by atoms with E-state index in [-0.39, 0.29) is 0 Å². The Morgan fingerprint density at radius 3 is 1.38 bits per heavy atom. The summed E-state index contributed by atoms with van der Waals surface area (Å²) in [6.45, 7) is 9.36. The summed E-state index contributed by atoms with van der Waals surface area (Å²) in [5.74, 6) is 3.97. The summed E-state index contributed by atoms with van der Waals surface area (Å²) in [4.78, 5) is 0. The molecule has 2 unspecified atom stereocenters. The molecule has 0 spiro atoms. The van der Waals surface area contributed by atoms with Crippen LogP contribution in [0.25, 0.3) is 0 Å². The molecule has 1 aliphatic rings. The fourth-order valence-corrected chi connectivity index (χ4v) is 1.92. The van der Waals surface area contributed by atoms with Gasteiger partial charge in [-0.15, -0.1) is 0 Å². The SMILES string of the molecule is CC(C)C1C(C)C1C. The lowest BCUT2D eigenvalue weighted by Crippen LogP contribution is -1.90. The lowest BCUT2D eigenvalue weighted by molar-refractivity contribution is 0.514. The molecule has 0 heterocycles. The van der Waals surface area contributed by atoms with Gasteiger partial charge in [-0.2, -0.15) is 0 Å². The van der Waals surface area contributed by atoms with Crippen LogP contribution in [0.5, 0.6) is 0 Å². The van der Waals surface area contributed by atoms with E-state index in [0.717, 1.165) is 23.7 Å². The normalized spacial score (nSPS) is 45.4. The van der Waals surface area contributed by atoms with E-state index >= 15 is 0 Å². The average molecular weight is 112 g/mol.